The zero-order chi connectivity index (χ0) is 25.2. The summed E-state index contributed by atoms with van der Waals surface area (Å²) in [6, 6.07) is 3.51. The van der Waals surface area contributed by atoms with Gasteiger partial charge in [0.25, 0.3) is 0 Å². The lowest BCUT2D eigenvalue weighted by Crippen LogP contribution is -2.63. The number of thiocarbonyl (C=S) groups is 2. The topological polar surface area (TPSA) is 85.6 Å². The summed E-state index contributed by atoms with van der Waals surface area (Å²) in [4.78, 5) is 12.5. The molecule has 6 nitrogen and oxygen atoms in total. The average molecular weight is 506 g/mol. The van der Waals surface area contributed by atoms with Crippen LogP contribution in [0.15, 0.2) is 18.2 Å². The van der Waals surface area contributed by atoms with Crippen LogP contribution in [0.5, 0.6) is 5.75 Å². The van der Waals surface area contributed by atoms with E-state index in [1.165, 1.54) is 0 Å². The summed E-state index contributed by atoms with van der Waals surface area (Å²) in [6.07, 6.45) is -3.79. The van der Waals surface area contributed by atoms with Gasteiger partial charge >= 0.3 is 12.1 Å². The highest BCUT2D eigenvalue weighted by Crippen LogP contribution is 2.37. The molecule has 0 saturated carbocycles. The number of alkyl halides is 3. The Morgan fingerprint density at radius 3 is 2.52 bits per heavy atom. The molecule has 0 bridgehead atoms. The lowest BCUT2D eigenvalue weighted by atomic mass is 9.80. The van der Waals surface area contributed by atoms with Gasteiger partial charge in [0, 0.05) is 0 Å². The lowest BCUT2D eigenvalue weighted by molar-refractivity contribution is -0.163. The fraction of sp³-hybridized carbons (Fsp3) is 0.591. The van der Waals surface area contributed by atoms with E-state index in [0.29, 0.717) is 29.3 Å². The van der Waals surface area contributed by atoms with Crippen molar-refractivity contribution >= 4 is 46.1 Å². The Labute approximate surface area is 202 Å². The lowest BCUT2D eigenvalue weighted by Gasteiger charge is -2.39. The van der Waals surface area contributed by atoms with Crippen molar-refractivity contribution in [1.82, 2.24) is 5.32 Å². The third-order valence-electron chi connectivity index (χ3n) is 5.08. The SMILES string of the molecule is CCCCC(NC(=S)C(F)(F)F)C(N)(C(=O)OC(C)(C)C)c1ccc2c(c1)NC(=S)C(C)O2. The number of nitrogens with two attached hydrogens (primary N) is 1. The summed E-state index contributed by atoms with van der Waals surface area (Å²) in [5.41, 5.74) is 4.47. The quantitative estimate of drug-likeness (QED) is 0.362. The Hall–Kier alpha value is -1.98. The molecule has 184 valence electrons. The molecule has 4 N–H and O–H groups in total. The molecule has 0 saturated heterocycles. The van der Waals surface area contributed by atoms with Gasteiger partial charge in [-0.3, -0.25) is 0 Å². The fourth-order valence-corrected chi connectivity index (χ4v) is 3.65. The van der Waals surface area contributed by atoms with E-state index in [2.05, 4.69) is 22.9 Å². The number of halogens is 3. The van der Waals surface area contributed by atoms with Crippen molar-refractivity contribution in [1.29, 1.82) is 0 Å². The fourth-order valence-electron chi connectivity index (χ4n) is 3.35. The molecule has 0 amide bonds. The number of esters is 1. The predicted molar refractivity (Wildman–Crippen MR) is 130 cm³/mol. The van der Waals surface area contributed by atoms with Crippen LogP contribution < -0.4 is 21.1 Å². The second-order valence-corrected chi connectivity index (χ2v) is 9.85. The number of carbonyl (C=O) groups is 1. The van der Waals surface area contributed by atoms with Gasteiger partial charge in [-0.25, -0.2) is 4.79 Å². The van der Waals surface area contributed by atoms with Gasteiger partial charge in [-0.1, -0.05) is 50.3 Å². The van der Waals surface area contributed by atoms with E-state index in [4.69, 9.17) is 27.4 Å². The first-order valence-electron chi connectivity index (χ1n) is 10.6. The van der Waals surface area contributed by atoms with Crippen LogP contribution in [-0.4, -0.2) is 39.9 Å². The summed E-state index contributed by atoms with van der Waals surface area (Å²) in [7, 11) is 0. The first-order chi connectivity index (χ1) is 15.1. The maximum absolute atomic E-state index is 13.4. The number of unbranched alkanes of at least 4 members (excludes halogenated alkanes) is 1. The van der Waals surface area contributed by atoms with E-state index in [0.717, 1.165) is 0 Å². The number of anilines is 1. The number of fused-ring (bicyclic) bond motifs is 1. The monoisotopic (exact) mass is 505 g/mol. The van der Waals surface area contributed by atoms with E-state index in [1.54, 1.807) is 45.9 Å². The van der Waals surface area contributed by atoms with Crippen molar-refractivity contribution in [3.63, 3.8) is 0 Å². The first kappa shape index (κ1) is 27.3. The number of hydrogen-bond acceptors (Lipinski definition) is 6. The number of benzene rings is 1. The molecule has 3 unspecified atom stereocenters. The molecule has 1 aromatic rings. The van der Waals surface area contributed by atoms with Gasteiger partial charge < -0.3 is 25.8 Å². The minimum Gasteiger partial charge on any atom is -0.481 e. The van der Waals surface area contributed by atoms with Crippen molar-refractivity contribution in [3.05, 3.63) is 23.8 Å². The Bertz CT molecular complexity index is 918. The van der Waals surface area contributed by atoms with Crippen LogP contribution in [-0.2, 0) is 15.1 Å². The van der Waals surface area contributed by atoms with Crippen molar-refractivity contribution < 1.29 is 27.4 Å². The Morgan fingerprint density at radius 1 is 1.33 bits per heavy atom. The van der Waals surface area contributed by atoms with Crippen molar-refractivity contribution in [2.45, 2.75) is 83.3 Å². The zero-order valence-corrected chi connectivity index (χ0v) is 20.9. The number of ether oxygens (including phenoxy) is 2. The largest absolute Gasteiger partial charge is 0.481 e. The third kappa shape index (κ3) is 6.54. The summed E-state index contributed by atoms with van der Waals surface area (Å²) in [6.45, 7) is 8.63. The van der Waals surface area contributed by atoms with Crippen LogP contribution in [0.2, 0.25) is 0 Å². The maximum atomic E-state index is 13.4. The van der Waals surface area contributed by atoms with Gasteiger partial charge in [-0.15, -0.1) is 0 Å². The van der Waals surface area contributed by atoms with E-state index in [-0.39, 0.29) is 18.1 Å². The number of hydrogen-bond donors (Lipinski definition) is 3. The Balaban J connectivity index is 2.61. The van der Waals surface area contributed by atoms with E-state index in [9.17, 15) is 18.0 Å². The summed E-state index contributed by atoms with van der Waals surface area (Å²) < 4.78 is 51.2. The van der Waals surface area contributed by atoms with E-state index >= 15 is 0 Å². The van der Waals surface area contributed by atoms with E-state index in [1.807, 2.05) is 6.92 Å². The Morgan fingerprint density at radius 2 is 1.97 bits per heavy atom. The zero-order valence-electron chi connectivity index (χ0n) is 19.3. The van der Waals surface area contributed by atoms with Crippen LogP contribution in [0, 0.1) is 0 Å². The summed E-state index contributed by atoms with van der Waals surface area (Å²) in [5.74, 6) is -0.392. The average Bonchev–Trinajstić information content (AvgIpc) is 2.68. The molecule has 0 spiro atoms. The molecule has 0 fully saturated rings. The van der Waals surface area contributed by atoms with Crippen LogP contribution >= 0.6 is 24.4 Å². The van der Waals surface area contributed by atoms with Crippen molar-refractivity contribution in [2.24, 2.45) is 5.73 Å². The van der Waals surface area contributed by atoms with Crippen LogP contribution in [0.25, 0.3) is 0 Å². The van der Waals surface area contributed by atoms with Gasteiger partial charge in [-0.05, 0) is 51.8 Å². The normalized spacial score (nSPS) is 18.8. The highest BCUT2D eigenvalue weighted by molar-refractivity contribution is 7.80. The van der Waals surface area contributed by atoms with Gasteiger partial charge in [-0.2, -0.15) is 13.2 Å². The number of rotatable bonds is 7. The third-order valence-corrected chi connectivity index (χ3v) is 5.87. The molecular weight excluding hydrogens is 475 g/mol. The maximum Gasteiger partial charge on any atom is 0.441 e. The van der Waals surface area contributed by atoms with Gasteiger partial charge in [0.1, 0.15) is 22.4 Å². The molecule has 11 heteroatoms. The van der Waals surface area contributed by atoms with E-state index < -0.39 is 34.3 Å². The molecule has 33 heavy (non-hydrogen) atoms. The second kappa shape index (κ2) is 10.1. The standard InChI is InChI=1S/C22H30F3N3O3S2/c1-6-7-8-16(28-18(33)22(23,24)25)21(26,19(29)31-20(3,4)5)13-9-10-15-14(11-13)27-17(32)12(2)30-15/h9-12,16H,6-8,26H2,1-5H3,(H,27,32)(H,28,33). The molecule has 1 aliphatic heterocycles. The van der Waals surface area contributed by atoms with Crippen LogP contribution in [0.1, 0.15) is 59.4 Å². The molecule has 0 radical (unpaired) electrons. The molecule has 0 aliphatic carbocycles. The highest BCUT2D eigenvalue weighted by atomic mass is 32.1. The Kier molecular flexibility index (Phi) is 8.35. The molecule has 1 aliphatic rings. The van der Waals surface area contributed by atoms with Crippen LogP contribution in [0.4, 0.5) is 18.9 Å². The second-order valence-electron chi connectivity index (χ2n) is 9.00. The minimum atomic E-state index is -4.78. The van der Waals surface area contributed by atoms with Gasteiger partial charge in [0.05, 0.1) is 11.7 Å². The molecule has 2 rings (SSSR count). The smallest absolute Gasteiger partial charge is 0.441 e. The minimum absolute atomic E-state index is 0.152. The predicted octanol–water partition coefficient (Wildman–Crippen LogP) is 4.74. The number of carbonyl (C=O) groups excluding carboxylic acids is 1. The van der Waals surface area contributed by atoms with Gasteiger partial charge in [0.15, 0.2) is 10.5 Å². The molecular formula is C22H30F3N3O3S2. The molecule has 1 aromatic carbocycles. The van der Waals surface area contributed by atoms with Crippen LogP contribution in [0.3, 0.4) is 0 Å². The van der Waals surface area contributed by atoms with Gasteiger partial charge in [0.2, 0.25) is 0 Å². The van der Waals surface area contributed by atoms with Crippen molar-refractivity contribution in [3.8, 4) is 5.75 Å². The first-order valence-corrected chi connectivity index (χ1v) is 11.4. The molecule has 0 aromatic heterocycles. The molecule has 1 heterocycles. The molecule has 3 atom stereocenters. The summed E-state index contributed by atoms with van der Waals surface area (Å²) >= 11 is 9.82. The highest BCUT2D eigenvalue weighted by Gasteiger charge is 2.49. The van der Waals surface area contributed by atoms with Crippen molar-refractivity contribution in [2.75, 3.05) is 5.32 Å². The number of nitrogens with one attached hydrogen (secondary N) is 2. The summed E-state index contributed by atoms with van der Waals surface area (Å²) in [5, 5.41) is 5.33.